The molecule has 2 aromatic carbocycles. The van der Waals surface area contributed by atoms with Crippen molar-refractivity contribution in [2.45, 2.75) is 5.03 Å². The van der Waals surface area contributed by atoms with Crippen LogP contribution in [-0.4, -0.2) is 33.6 Å². The molecule has 0 bridgehead atoms. The van der Waals surface area contributed by atoms with Gasteiger partial charge in [0.2, 0.25) is 5.91 Å². The number of para-hydroxylation sites is 1. The van der Waals surface area contributed by atoms with Crippen molar-refractivity contribution in [3.05, 3.63) is 71.8 Å². The molecule has 0 aliphatic heterocycles. The summed E-state index contributed by atoms with van der Waals surface area (Å²) in [5.41, 5.74) is 5.16. The number of carbonyl (C=O) groups excluding carboxylic acids is 2. The molecule has 0 atom stereocenters. The number of aromatic carboxylic acids is 1. The van der Waals surface area contributed by atoms with Crippen molar-refractivity contribution in [3.8, 4) is 0 Å². The van der Waals surface area contributed by atoms with Gasteiger partial charge in [-0.25, -0.2) is 9.78 Å². The third-order valence-electron chi connectivity index (χ3n) is 3.64. The smallest absolute Gasteiger partial charge is 0.336 e. The lowest BCUT2D eigenvalue weighted by Gasteiger charge is -2.09. The van der Waals surface area contributed by atoms with E-state index in [0.29, 0.717) is 5.03 Å². The number of hydrazine groups is 1. The van der Waals surface area contributed by atoms with Gasteiger partial charge >= 0.3 is 5.97 Å². The first-order valence-electron chi connectivity index (χ1n) is 7.94. The van der Waals surface area contributed by atoms with Crippen LogP contribution in [0.5, 0.6) is 0 Å². The van der Waals surface area contributed by atoms with E-state index in [2.05, 4.69) is 15.8 Å². The second-order valence-electron chi connectivity index (χ2n) is 5.48. The molecule has 136 valence electrons. The number of nitrogens with one attached hydrogen (secondary N) is 2. The van der Waals surface area contributed by atoms with Crippen LogP contribution < -0.4 is 10.9 Å². The van der Waals surface area contributed by atoms with E-state index >= 15 is 0 Å². The van der Waals surface area contributed by atoms with Crippen molar-refractivity contribution in [3.63, 3.8) is 0 Å². The zero-order valence-electron chi connectivity index (χ0n) is 14.0. The molecule has 1 aromatic heterocycles. The highest BCUT2D eigenvalue weighted by atomic mass is 32.2. The van der Waals surface area contributed by atoms with Gasteiger partial charge in [0, 0.05) is 5.39 Å². The van der Waals surface area contributed by atoms with Crippen LogP contribution in [0.25, 0.3) is 10.9 Å². The van der Waals surface area contributed by atoms with Crippen molar-refractivity contribution in [1.29, 1.82) is 0 Å². The minimum absolute atomic E-state index is 0.0332. The molecular formula is C19H15N3O4S. The van der Waals surface area contributed by atoms with Gasteiger partial charge in [-0.05, 0) is 24.3 Å². The highest BCUT2D eigenvalue weighted by molar-refractivity contribution is 7.99. The van der Waals surface area contributed by atoms with Crippen molar-refractivity contribution < 1.29 is 19.5 Å². The standard InChI is InChI=1S/C19H15N3O4S/c23-16(11-27-17-10-9-12-5-1-4-8-15(12)20-17)21-22-18(24)13-6-2-3-7-14(13)19(25)26/h1-10H,11H2,(H,21,23)(H,22,24)(H,25,26). The monoisotopic (exact) mass is 381 g/mol. The number of carbonyl (C=O) groups is 3. The molecule has 0 saturated carbocycles. The maximum absolute atomic E-state index is 12.1. The Balaban J connectivity index is 1.55. The fourth-order valence-electron chi connectivity index (χ4n) is 2.36. The van der Waals surface area contributed by atoms with Crippen LogP contribution in [0.4, 0.5) is 0 Å². The van der Waals surface area contributed by atoms with E-state index in [4.69, 9.17) is 5.11 Å². The van der Waals surface area contributed by atoms with Crippen molar-refractivity contribution in [2.24, 2.45) is 0 Å². The molecular weight excluding hydrogens is 366 g/mol. The Labute approximate surface area is 158 Å². The van der Waals surface area contributed by atoms with Crippen LogP contribution in [0, 0.1) is 0 Å². The van der Waals surface area contributed by atoms with Crippen LogP contribution in [0.1, 0.15) is 20.7 Å². The summed E-state index contributed by atoms with van der Waals surface area (Å²) in [6, 6.07) is 17.2. The number of thioether (sulfide) groups is 1. The largest absolute Gasteiger partial charge is 0.478 e. The minimum Gasteiger partial charge on any atom is -0.478 e. The molecule has 0 aliphatic rings. The van der Waals surface area contributed by atoms with Gasteiger partial charge in [-0.3, -0.25) is 20.4 Å². The topological polar surface area (TPSA) is 108 Å². The number of carboxylic acid groups (broad SMARTS) is 1. The Kier molecular flexibility index (Phi) is 5.68. The zero-order chi connectivity index (χ0) is 19.2. The van der Waals surface area contributed by atoms with Gasteiger partial charge in [0.05, 0.1) is 27.4 Å². The first kappa shape index (κ1) is 18.4. The normalized spacial score (nSPS) is 10.4. The molecule has 0 radical (unpaired) electrons. The van der Waals surface area contributed by atoms with E-state index in [9.17, 15) is 14.4 Å². The number of pyridine rings is 1. The maximum Gasteiger partial charge on any atom is 0.336 e. The second kappa shape index (κ2) is 8.33. The number of benzene rings is 2. The number of nitrogens with zero attached hydrogens (tertiary/aromatic N) is 1. The lowest BCUT2D eigenvalue weighted by molar-refractivity contribution is -0.119. The molecule has 0 saturated heterocycles. The fourth-order valence-corrected chi connectivity index (χ4v) is 3.04. The minimum atomic E-state index is -1.22. The van der Waals surface area contributed by atoms with Gasteiger partial charge in [0.15, 0.2) is 0 Å². The number of hydrogen-bond acceptors (Lipinski definition) is 5. The molecule has 0 spiro atoms. The van der Waals surface area contributed by atoms with Gasteiger partial charge < -0.3 is 5.11 Å². The van der Waals surface area contributed by atoms with Crippen molar-refractivity contribution >= 4 is 40.4 Å². The van der Waals surface area contributed by atoms with Crippen LogP contribution >= 0.6 is 11.8 Å². The summed E-state index contributed by atoms with van der Waals surface area (Å²) >= 11 is 1.23. The molecule has 3 N–H and O–H groups in total. The molecule has 3 aromatic rings. The van der Waals surface area contributed by atoms with Gasteiger partial charge in [0.1, 0.15) is 0 Å². The SMILES string of the molecule is O=C(CSc1ccc2ccccc2n1)NNC(=O)c1ccccc1C(=O)O. The van der Waals surface area contributed by atoms with E-state index in [-0.39, 0.29) is 16.9 Å². The molecule has 27 heavy (non-hydrogen) atoms. The molecule has 0 fully saturated rings. The molecule has 7 nitrogen and oxygen atoms in total. The zero-order valence-corrected chi connectivity index (χ0v) is 14.8. The van der Waals surface area contributed by atoms with Crippen LogP contribution in [0.15, 0.2) is 65.7 Å². The third kappa shape index (κ3) is 4.62. The quantitative estimate of drug-likeness (QED) is 0.463. The fraction of sp³-hybridized carbons (Fsp3) is 0.0526. The summed E-state index contributed by atoms with van der Waals surface area (Å²) in [5, 5.41) is 10.8. The van der Waals surface area contributed by atoms with E-state index < -0.39 is 17.8 Å². The molecule has 0 aliphatic carbocycles. The number of hydrogen-bond donors (Lipinski definition) is 3. The molecule has 1 heterocycles. The summed E-state index contributed by atoms with van der Waals surface area (Å²) in [7, 11) is 0. The maximum atomic E-state index is 12.1. The highest BCUT2D eigenvalue weighted by Crippen LogP contribution is 2.19. The van der Waals surface area contributed by atoms with Gasteiger partial charge in [-0.15, -0.1) is 0 Å². The van der Waals surface area contributed by atoms with Crippen molar-refractivity contribution in [1.82, 2.24) is 15.8 Å². The van der Waals surface area contributed by atoms with Gasteiger partial charge in [-0.1, -0.05) is 48.2 Å². The predicted molar refractivity (Wildman–Crippen MR) is 101 cm³/mol. The van der Waals surface area contributed by atoms with Gasteiger partial charge in [0.25, 0.3) is 5.91 Å². The van der Waals surface area contributed by atoms with Gasteiger partial charge in [-0.2, -0.15) is 0 Å². The summed E-state index contributed by atoms with van der Waals surface area (Å²) in [6.45, 7) is 0. The Morgan fingerprint density at radius 3 is 2.37 bits per heavy atom. The summed E-state index contributed by atoms with van der Waals surface area (Å²) < 4.78 is 0. The number of fused-ring (bicyclic) bond motifs is 1. The second-order valence-corrected chi connectivity index (χ2v) is 6.48. The number of carboxylic acids is 1. The van der Waals surface area contributed by atoms with Crippen molar-refractivity contribution in [2.75, 3.05) is 5.75 Å². The lowest BCUT2D eigenvalue weighted by Crippen LogP contribution is -2.43. The Hall–Kier alpha value is -3.39. The summed E-state index contributed by atoms with van der Waals surface area (Å²) in [6.07, 6.45) is 0. The number of aromatic nitrogens is 1. The number of rotatable bonds is 5. The molecule has 3 rings (SSSR count). The third-order valence-corrected chi connectivity index (χ3v) is 4.57. The van der Waals surface area contributed by atoms with Crippen LogP contribution in [-0.2, 0) is 4.79 Å². The predicted octanol–water partition coefficient (Wildman–Crippen LogP) is 2.49. The first-order valence-corrected chi connectivity index (χ1v) is 8.93. The van der Waals surface area contributed by atoms with E-state index in [1.807, 2.05) is 36.4 Å². The summed E-state index contributed by atoms with van der Waals surface area (Å²) in [5.74, 6) is -2.30. The Morgan fingerprint density at radius 1 is 0.889 bits per heavy atom. The van der Waals surface area contributed by atoms with Crippen LogP contribution in [0.2, 0.25) is 0 Å². The average Bonchev–Trinajstić information content (AvgIpc) is 2.70. The van der Waals surface area contributed by atoms with E-state index in [0.717, 1.165) is 10.9 Å². The highest BCUT2D eigenvalue weighted by Gasteiger charge is 2.16. The Bertz CT molecular complexity index is 1020. The first-order chi connectivity index (χ1) is 13.0. The molecule has 2 amide bonds. The van der Waals surface area contributed by atoms with Crippen LogP contribution in [0.3, 0.4) is 0 Å². The number of amides is 2. The molecule has 8 heteroatoms. The van der Waals surface area contributed by atoms with E-state index in [1.165, 1.54) is 30.0 Å². The Morgan fingerprint density at radius 2 is 1.59 bits per heavy atom. The average molecular weight is 381 g/mol. The van der Waals surface area contributed by atoms with E-state index in [1.54, 1.807) is 6.07 Å². The summed E-state index contributed by atoms with van der Waals surface area (Å²) in [4.78, 5) is 39.6. The lowest BCUT2D eigenvalue weighted by atomic mass is 10.1. The molecule has 0 unspecified atom stereocenters.